The molecule has 2 nitrogen and oxygen atoms in total. The molecule has 1 rings (SSSR count). The number of rotatable bonds is 5. The molecule has 18 heavy (non-hydrogen) atoms. The number of hydrogen-bond acceptors (Lipinski definition) is 3. The van der Waals surface area contributed by atoms with E-state index in [9.17, 15) is 13.2 Å². The quantitative estimate of drug-likeness (QED) is 0.492. The van der Waals surface area contributed by atoms with Crippen LogP contribution in [0.25, 0.3) is 0 Å². The van der Waals surface area contributed by atoms with Gasteiger partial charge in [0.05, 0.1) is 11.3 Å². The van der Waals surface area contributed by atoms with E-state index < -0.39 is 11.7 Å². The van der Waals surface area contributed by atoms with Gasteiger partial charge in [-0.2, -0.15) is 13.2 Å². The van der Waals surface area contributed by atoms with Crippen molar-refractivity contribution >= 4 is 23.1 Å². The minimum Gasteiger partial charge on any atom is -0.398 e. The molecule has 0 aliphatic heterocycles. The molecule has 0 aliphatic rings. The Balaban J connectivity index is 2.60. The third-order valence-corrected chi connectivity index (χ3v) is 2.98. The van der Waals surface area contributed by atoms with Crippen molar-refractivity contribution in [3.05, 3.63) is 23.8 Å². The monoisotopic (exact) mass is 274 g/mol. The maximum absolute atomic E-state index is 12.6. The number of terminal acetylenes is 1. The Hall–Kier alpha value is -1.48. The Bertz CT molecular complexity index is 438. The van der Waals surface area contributed by atoms with Crippen LogP contribution < -0.4 is 11.1 Å². The smallest absolute Gasteiger partial charge is 0.398 e. The van der Waals surface area contributed by atoms with Crippen molar-refractivity contribution in [1.29, 1.82) is 0 Å². The first-order valence-corrected chi connectivity index (χ1v) is 6.32. The molecule has 0 radical (unpaired) electrons. The normalized spacial score (nSPS) is 11.0. The molecule has 6 heteroatoms. The van der Waals surface area contributed by atoms with Crippen LogP contribution in [-0.4, -0.2) is 18.1 Å². The highest BCUT2D eigenvalue weighted by atomic mass is 32.2. The fourth-order valence-corrected chi connectivity index (χ4v) is 1.82. The zero-order valence-electron chi connectivity index (χ0n) is 9.55. The van der Waals surface area contributed by atoms with Crippen molar-refractivity contribution in [2.24, 2.45) is 0 Å². The molecule has 0 amide bonds. The second kappa shape index (κ2) is 6.45. The molecule has 0 heterocycles. The Morgan fingerprint density at radius 3 is 2.72 bits per heavy atom. The number of nitrogen functional groups attached to an aromatic ring is 1. The molecule has 0 aliphatic carbocycles. The van der Waals surface area contributed by atoms with Gasteiger partial charge in [-0.15, -0.1) is 18.2 Å². The lowest BCUT2D eigenvalue weighted by Gasteiger charge is -2.12. The second-order valence-electron chi connectivity index (χ2n) is 3.48. The van der Waals surface area contributed by atoms with Gasteiger partial charge in [-0.3, -0.25) is 0 Å². The van der Waals surface area contributed by atoms with Crippen LogP contribution in [0.3, 0.4) is 0 Å². The lowest BCUT2D eigenvalue weighted by molar-refractivity contribution is -0.136. The Morgan fingerprint density at radius 2 is 2.11 bits per heavy atom. The number of alkyl halides is 3. The lowest BCUT2D eigenvalue weighted by atomic mass is 10.1. The molecule has 0 atom stereocenters. The maximum Gasteiger partial charge on any atom is 0.418 e. The van der Waals surface area contributed by atoms with E-state index in [0.717, 1.165) is 11.8 Å². The zero-order valence-corrected chi connectivity index (χ0v) is 10.4. The van der Waals surface area contributed by atoms with E-state index in [4.69, 9.17) is 12.2 Å². The van der Waals surface area contributed by atoms with Gasteiger partial charge in [-0.05, 0) is 18.2 Å². The van der Waals surface area contributed by atoms with E-state index in [1.807, 2.05) is 0 Å². The number of thioether (sulfide) groups is 1. The number of nitrogens with one attached hydrogen (secondary N) is 1. The number of halogens is 3. The summed E-state index contributed by atoms with van der Waals surface area (Å²) in [6, 6.07) is 3.79. The van der Waals surface area contributed by atoms with Gasteiger partial charge in [0.2, 0.25) is 0 Å². The molecule has 0 aromatic heterocycles. The van der Waals surface area contributed by atoms with Crippen LogP contribution >= 0.6 is 11.8 Å². The Morgan fingerprint density at radius 1 is 1.39 bits per heavy atom. The lowest BCUT2D eigenvalue weighted by Crippen LogP contribution is -2.11. The van der Waals surface area contributed by atoms with Crippen molar-refractivity contribution in [2.75, 3.05) is 29.1 Å². The predicted molar refractivity (Wildman–Crippen MR) is 70.5 cm³/mol. The average Bonchev–Trinajstić information content (AvgIpc) is 2.29. The van der Waals surface area contributed by atoms with E-state index >= 15 is 0 Å². The first-order valence-electron chi connectivity index (χ1n) is 5.17. The third-order valence-electron chi connectivity index (χ3n) is 2.12. The number of hydrogen-bond donors (Lipinski definition) is 2. The number of anilines is 2. The van der Waals surface area contributed by atoms with Crippen LogP contribution in [0, 0.1) is 12.3 Å². The average molecular weight is 274 g/mol. The molecule has 0 spiro atoms. The summed E-state index contributed by atoms with van der Waals surface area (Å²) in [5.74, 6) is 3.80. The van der Waals surface area contributed by atoms with Gasteiger partial charge < -0.3 is 11.1 Å². The molecule has 0 saturated carbocycles. The van der Waals surface area contributed by atoms with Crippen molar-refractivity contribution in [1.82, 2.24) is 0 Å². The molecule has 0 saturated heterocycles. The molecular formula is C12H13F3N2S. The highest BCUT2D eigenvalue weighted by Crippen LogP contribution is 2.35. The minimum absolute atomic E-state index is 0.269. The minimum atomic E-state index is -4.43. The summed E-state index contributed by atoms with van der Waals surface area (Å²) in [7, 11) is 0. The van der Waals surface area contributed by atoms with Crippen molar-refractivity contribution < 1.29 is 13.2 Å². The van der Waals surface area contributed by atoms with Gasteiger partial charge in [-0.25, -0.2) is 0 Å². The summed E-state index contributed by atoms with van der Waals surface area (Å²) in [5.41, 5.74) is 4.61. The molecule has 1 aromatic rings. The highest BCUT2D eigenvalue weighted by molar-refractivity contribution is 7.99. The fraction of sp³-hybridized carbons (Fsp3) is 0.333. The molecule has 0 fully saturated rings. The first kappa shape index (κ1) is 14.6. The van der Waals surface area contributed by atoms with Crippen molar-refractivity contribution in [3.8, 4) is 12.3 Å². The van der Waals surface area contributed by atoms with Gasteiger partial charge >= 0.3 is 6.18 Å². The van der Waals surface area contributed by atoms with Crippen LogP contribution in [-0.2, 0) is 6.18 Å². The molecule has 3 N–H and O–H groups in total. The Kier molecular flexibility index (Phi) is 5.23. The topological polar surface area (TPSA) is 38.0 Å². The summed E-state index contributed by atoms with van der Waals surface area (Å²) in [6.45, 7) is 0.549. The second-order valence-corrected chi connectivity index (χ2v) is 4.59. The summed E-state index contributed by atoms with van der Waals surface area (Å²) in [4.78, 5) is 0. The fourth-order valence-electron chi connectivity index (χ4n) is 1.31. The maximum atomic E-state index is 12.6. The zero-order chi connectivity index (χ0) is 13.6. The van der Waals surface area contributed by atoms with Crippen molar-refractivity contribution in [3.63, 3.8) is 0 Å². The molecular weight excluding hydrogens is 261 g/mol. The van der Waals surface area contributed by atoms with E-state index in [-0.39, 0.29) is 5.69 Å². The molecule has 1 aromatic carbocycles. The van der Waals surface area contributed by atoms with Crippen LogP contribution in [0.2, 0.25) is 0 Å². The third kappa shape index (κ3) is 4.41. The summed E-state index contributed by atoms with van der Waals surface area (Å²) in [5, 5.41) is 2.90. The summed E-state index contributed by atoms with van der Waals surface area (Å²) < 4.78 is 37.8. The van der Waals surface area contributed by atoms with Crippen LogP contribution in [0.15, 0.2) is 18.2 Å². The van der Waals surface area contributed by atoms with E-state index in [0.29, 0.717) is 18.0 Å². The standard InChI is InChI=1S/C12H13F3N2S/c1-2-6-18-7-5-17-9-3-4-11(16)10(8-9)12(13,14)15/h1,3-4,8,17H,5-7,16H2. The molecule has 98 valence electrons. The van der Waals surface area contributed by atoms with E-state index in [2.05, 4.69) is 11.2 Å². The molecule has 0 bridgehead atoms. The SMILES string of the molecule is C#CCSCCNc1ccc(N)c(C(F)(F)F)c1. The number of nitrogens with two attached hydrogens (primary N) is 1. The first-order chi connectivity index (χ1) is 8.45. The Labute approximate surface area is 108 Å². The summed E-state index contributed by atoms with van der Waals surface area (Å²) >= 11 is 1.54. The van der Waals surface area contributed by atoms with E-state index in [1.165, 1.54) is 23.9 Å². The highest BCUT2D eigenvalue weighted by Gasteiger charge is 2.33. The largest absolute Gasteiger partial charge is 0.418 e. The van der Waals surface area contributed by atoms with Crippen LogP contribution in [0.1, 0.15) is 5.56 Å². The predicted octanol–water partition coefficient (Wildman–Crippen LogP) is 3.07. The van der Waals surface area contributed by atoms with Crippen molar-refractivity contribution in [2.45, 2.75) is 6.18 Å². The van der Waals surface area contributed by atoms with Crippen LogP contribution in [0.5, 0.6) is 0 Å². The van der Waals surface area contributed by atoms with Gasteiger partial charge in [0.1, 0.15) is 0 Å². The summed E-state index contributed by atoms with van der Waals surface area (Å²) in [6.07, 6.45) is 0.646. The van der Waals surface area contributed by atoms with Gasteiger partial charge in [0, 0.05) is 23.7 Å². The van der Waals surface area contributed by atoms with Crippen LogP contribution in [0.4, 0.5) is 24.5 Å². The van der Waals surface area contributed by atoms with Gasteiger partial charge in [-0.1, -0.05) is 5.92 Å². The number of benzene rings is 1. The molecule has 0 unspecified atom stereocenters. The van der Waals surface area contributed by atoms with E-state index in [1.54, 1.807) is 0 Å². The van der Waals surface area contributed by atoms with Gasteiger partial charge in [0.15, 0.2) is 0 Å². The van der Waals surface area contributed by atoms with Gasteiger partial charge in [0.25, 0.3) is 0 Å².